The molecule has 2 unspecified atom stereocenters. The monoisotopic (exact) mass is 456 g/mol. The van der Waals surface area contributed by atoms with Gasteiger partial charge in [0.2, 0.25) is 0 Å². The fourth-order valence-electron chi connectivity index (χ4n) is 3.95. The number of ketones is 2. The minimum absolute atomic E-state index is 0.0459. The molecule has 8 nitrogen and oxygen atoms in total. The van der Waals surface area contributed by atoms with Crippen molar-refractivity contribution in [3.63, 3.8) is 0 Å². The SMILES string of the molecule is CC(C)CCCCCCC(=O)OOC(=O)C1(CCCCCC(C)C)C(=O)C(O)C(O)C1=O. The molecule has 0 aromatic carbocycles. The standard InChI is InChI=1S/C24H40O8/c1-16(2)12-8-5-6-10-14-18(25)31-32-23(30)24(15-11-7-9-13-17(3)4)21(28)19(26)20(27)22(24)29/h16-17,19-20,26-27H,5-15H2,1-4H3. The molecule has 2 N–H and O–H groups in total. The smallest absolute Gasteiger partial charge is 0.376 e. The van der Waals surface area contributed by atoms with E-state index in [1.807, 2.05) is 0 Å². The van der Waals surface area contributed by atoms with Gasteiger partial charge in [0.05, 0.1) is 6.42 Å². The Morgan fingerprint density at radius 2 is 1.25 bits per heavy atom. The van der Waals surface area contributed by atoms with Crippen LogP contribution in [0.5, 0.6) is 0 Å². The highest BCUT2D eigenvalue weighted by atomic mass is 17.2. The van der Waals surface area contributed by atoms with E-state index in [2.05, 4.69) is 37.5 Å². The number of Topliss-reactive ketones (excluding diaryl/α,β-unsaturated/α-hetero) is 2. The van der Waals surface area contributed by atoms with Crippen LogP contribution in [0.1, 0.15) is 98.3 Å². The van der Waals surface area contributed by atoms with Crippen molar-refractivity contribution in [2.45, 2.75) is 111 Å². The number of rotatable bonds is 14. The number of aliphatic hydroxyl groups excluding tert-OH is 2. The topological polar surface area (TPSA) is 127 Å². The molecule has 0 aromatic rings. The lowest BCUT2D eigenvalue weighted by atomic mass is 9.78. The number of carbonyl (C=O) groups excluding carboxylic acids is 4. The summed E-state index contributed by atoms with van der Waals surface area (Å²) in [7, 11) is 0. The van der Waals surface area contributed by atoms with Crippen molar-refractivity contribution in [2.24, 2.45) is 17.3 Å². The Morgan fingerprint density at radius 3 is 1.75 bits per heavy atom. The van der Waals surface area contributed by atoms with Gasteiger partial charge in [-0.1, -0.05) is 79.1 Å². The van der Waals surface area contributed by atoms with Gasteiger partial charge in [0, 0.05) is 0 Å². The van der Waals surface area contributed by atoms with Crippen LogP contribution < -0.4 is 0 Å². The third kappa shape index (κ3) is 7.96. The molecule has 0 amide bonds. The average Bonchev–Trinajstić information content (AvgIpc) is 2.89. The molecule has 1 aliphatic rings. The fourth-order valence-corrected chi connectivity index (χ4v) is 3.95. The molecule has 0 aromatic heterocycles. The molecule has 0 aliphatic heterocycles. The van der Waals surface area contributed by atoms with Crippen LogP contribution in [-0.2, 0) is 29.0 Å². The van der Waals surface area contributed by atoms with Crippen LogP contribution in [0, 0.1) is 17.3 Å². The van der Waals surface area contributed by atoms with E-state index in [0.717, 1.165) is 38.5 Å². The molecule has 1 rings (SSSR count). The maximum absolute atomic E-state index is 12.7. The van der Waals surface area contributed by atoms with Crippen molar-refractivity contribution in [3.8, 4) is 0 Å². The molecule has 1 aliphatic carbocycles. The number of aliphatic hydroxyl groups is 2. The number of unbranched alkanes of at least 4 members (excludes halogenated alkanes) is 5. The first-order valence-corrected chi connectivity index (χ1v) is 11.9. The summed E-state index contributed by atoms with van der Waals surface area (Å²) in [4.78, 5) is 58.8. The second-order valence-electron chi connectivity index (χ2n) is 9.69. The van der Waals surface area contributed by atoms with E-state index in [-0.39, 0.29) is 12.8 Å². The van der Waals surface area contributed by atoms with Gasteiger partial charge in [0.15, 0.2) is 17.0 Å². The van der Waals surface area contributed by atoms with Gasteiger partial charge in [0.1, 0.15) is 12.2 Å². The second kappa shape index (κ2) is 13.7. The van der Waals surface area contributed by atoms with E-state index in [1.165, 1.54) is 0 Å². The molecule has 0 heterocycles. The third-order valence-electron chi connectivity index (χ3n) is 5.98. The number of hydrogen-bond donors (Lipinski definition) is 2. The fraction of sp³-hybridized carbons (Fsp3) is 0.833. The zero-order valence-electron chi connectivity index (χ0n) is 19.9. The van der Waals surface area contributed by atoms with Crippen LogP contribution in [0.4, 0.5) is 0 Å². The summed E-state index contributed by atoms with van der Waals surface area (Å²) in [5, 5.41) is 19.7. The van der Waals surface area contributed by atoms with Crippen LogP contribution in [0.25, 0.3) is 0 Å². The van der Waals surface area contributed by atoms with Crippen molar-refractivity contribution < 1.29 is 39.2 Å². The summed E-state index contributed by atoms with van der Waals surface area (Å²) in [6, 6.07) is 0. The minimum Gasteiger partial charge on any atom is -0.382 e. The highest BCUT2D eigenvalue weighted by molar-refractivity contribution is 6.29. The molecule has 1 saturated carbocycles. The van der Waals surface area contributed by atoms with Gasteiger partial charge in [-0.25, -0.2) is 19.4 Å². The van der Waals surface area contributed by atoms with Gasteiger partial charge in [0.25, 0.3) is 0 Å². The van der Waals surface area contributed by atoms with Gasteiger partial charge in [-0.2, -0.15) is 0 Å². The Balaban J connectivity index is 2.60. The lowest BCUT2D eigenvalue weighted by molar-refractivity contribution is -0.265. The van der Waals surface area contributed by atoms with E-state index >= 15 is 0 Å². The molecule has 184 valence electrons. The van der Waals surface area contributed by atoms with Crippen molar-refractivity contribution in [2.75, 3.05) is 0 Å². The van der Waals surface area contributed by atoms with Gasteiger partial charge in [-0.3, -0.25) is 9.59 Å². The Hall–Kier alpha value is -1.80. The van der Waals surface area contributed by atoms with Crippen molar-refractivity contribution in [1.29, 1.82) is 0 Å². The van der Waals surface area contributed by atoms with Gasteiger partial charge in [-0.15, -0.1) is 0 Å². The normalized spacial score (nSPS) is 23.2. The first-order valence-electron chi connectivity index (χ1n) is 11.9. The zero-order chi connectivity index (χ0) is 24.3. The Labute approximate surface area is 191 Å². The third-order valence-corrected chi connectivity index (χ3v) is 5.98. The molecule has 8 heteroatoms. The Morgan fingerprint density at radius 1 is 0.781 bits per heavy atom. The van der Waals surface area contributed by atoms with Crippen molar-refractivity contribution >= 4 is 23.5 Å². The molecular formula is C24H40O8. The van der Waals surface area contributed by atoms with E-state index in [1.54, 1.807) is 0 Å². The van der Waals surface area contributed by atoms with Crippen LogP contribution in [0.2, 0.25) is 0 Å². The van der Waals surface area contributed by atoms with Gasteiger partial charge in [-0.05, 0) is 24.7 Å². The van der Waals surface area contributed by atoms with Crippen molar-refractivity contribution in [1.82, 2.24) is 0 Å². The van der Waals surface area contributed by atoms with Crippen LogP contribution >= 0.6 is 0 Å². The predicted octanol–water partition coefficient (Wildman–Crippen LogP) is 3.45. The number of hydrogen-bond acceptors (Lipinski definition) is 8. The molecule has 0 saturated heterocycles. The maximum Gasteiger partial charge on any atom is 0.376 e. The first kappa shape index (κ1) is 28.2. The average molecular weight is 457 g/mol. The van der Waals surface area contributed by atoms with Crippen LogP contribution in [-0.4, -0.2) is 45.9 Å². The van der Waals surface area contributed by atoms with E-state index < -0.39 is 41.1 Å². The summed E-state index contributed by atoms with van der Waals surface area (Å²) in [5.74, 6) is -3.19. The van der Waals surface area contributed by atoms with Crippen LogP contribution in [0.3, 0.4) is 0 Å². The molecular weight excluding hydrogens is 416 g/mol. The molecule has 0 spiro atoms. The lowest BCUT2D eigenvalue weighted by Crippen LogP contribution is -2.45. The van der Waals surface area contributed by atoms with E-state index in [9.17, 15) is 29.4 Å². The Kier molecular flexibility index (Phi) is 12.1. The highest BCUT2D eigenvalue weighted by Crippen LogP contribution is 2.38. The second-order valence-corrected chi connectivity index (χ2v) is 9.69. The van der Waals surface area contributed by atoms with Crippen molar-refractivity contribution in [3.05, 3.63) is 0 Å². The summed E-state index contributed by atoms with van der Waals surface area (Å²) in [5.41, 5.74) is -2.34. The van der Waals surface area contributed by atoms with E-state index in [4.69, 9.17) is 0 Å². The largest absolute Gasteiger partial charge is 0.382 e. The molecule has 0 radical (unpaired) electrons. The summed E-state index contributed by atoms with van der Waals surface area (Å²) < 4.78 is 0. The summed E-state index contributed by atoms with van der Waals surface area (Å²) in [6.07, 6.45) is 3.28. The van der Waals surface area contributed by atoms with Gasteiger partial charge < -0.3 is 10.2 Å². The molecule has 2 atom stereocenters. The first-order chi connectivity index (χ1) is 15.0. The van der Waals surface area contributed by atoms with E-state index in [0.29, 0.717) is 31.1 Å². The predicted molar refractivity (Wildman–Crippen MR) is 117 cm³/mol. The summed E-state index contributed by atoms with van der Waals surface area (Å²) in [6.45, 7) is 8.47. The molecule has 1 fully saturated rings. The molecule has 32 heavy (non-hydrogen) atoms. The highest BCUT2D eigenvalue weighted by Gasteiger charge is 2.65. The number of carbonyl (C=O) groups is 4. The van der Waals surface area contributed by atoms with Crippen LogP contribution in [0.15, 0.2) is 0 Å². The maximum atomic E-state index is 12.7. The molecule has 0 bridgehead atoms. The quantitative estimate of drug-likeness (QED) is 0.176. The zero-order valence-corrected chi connectivity index (χ0v) is 19.9. The summed E-state index contributed by atoms with van der Waals surface area (Å²) >= 11 is 0. The minimum atomic E-state index is -2.34. The lowest BCUT2D eigenvalue weighted by Gasteiger charge is -2.22. The Bertz CT molecular complexity index is 620. The van der Waals surface area contributed by atoms with Gasteiger partial charge >= 0.3 is 11.9 Å².